The Kier molecular flexibility index (Phi) is 3.99. The molecule has 1 rings (SSSR count). The van der Waals surface area contributed by atoms with Crippen LogP contribution in [0.1, 0.15) is 21.5 Å². The maximum absolute atomic E-state index is 12.2. The summed E-state index contributed by atoms with van der Waals surface area (Å²) in [6, 6.07) is 4.46. The van der Waals surface area contributed by atoms with Gasteiger partial charge in [0.05, 0.1) is 12.7 Å². The molecule has 0 heterocycles. The van der Waals surface area contributed by atoms with Crippen molar-refractivity contribution < 1.29 is 23.0 Å². The third-order valence-corrected chi connectivity index (χ3v) is 2.09. The average molecular weight is 241 g/mol. The number of alkyl halides is 2. The van der Waals surface area contributed by atoms with E-state index in [-0.39, 0.29) is 11.1 Å². The summed E-state index contributed by atoms with van der Waals surface area (Å²) in [7, 11) is 1.11. The molecule has 0 bridgehead atoms. The van der Waals surface area contributed by atoms with Crippen LogP contribution in [-0.4, -0.2) is 19.7 Å². The molecule has 1 aromatic carbocycles. The third kappa shape index (κ3) is 2.69. The topological polar surface area (TPSA) is 59.3 Å². The van der Waals surface area contributed by atoms with E-state index >= 15 is 0 Å². The quantitative estimate of drug-likeness (QED) is 0.761. The fraction of sp³-hybridized carbons (Fsp3) is 0.273. The first kappa shape index (κ1) is 12.9. The summed E-state index contributed by atoms with van der Waals surface area (Å²) in [6.45, 7) is -1.56. The van der Waals surface area contributed by atoms with Gasteiger partial charge in [-0.25, -0.2) is 4.79 Å². The number of carbonyl (C=O) groups excluding carboxylic acids is 1. The van der Waals surface area contributed by atoms with Gasteiger partial charge in [0.1, 0.15) is 11.6 Å². The molecule has 0 aliphatic rings. The average Bonchev–Trinajstić information content (AvgIpc) is 2.28. The number of rotatable bonds is 3. The highest BCUT2D eigenvalue weighted by atomic mass is 19.3. The molecule has 0 aliphatic heterocycles. The predicted molar refractivity (Wildman–Crippen MR) is 53.9 cm³/mol. The fourth-order valence-corrected chi connectivity index (χ4v) is 1.30. The monoisotopic (exact) mass is 241 g/mol. The van der Waals surface area contributed by atoms with Gasteiger partial charge < -0.3 is 9.47 Å². The summed E-state index contributed by atoms with van der Waals surface area (Å²) < 4.78 is 33.1. The van der Waals surface area contributed by atoms with Gasteiger partial charge in [-0.15, -0.1) is 0 Å². The molecule has 0 spiro atoms. The minimum atomic E-state index is -3.12. The van der Waals surface area contributed by atoms with Crippen molar-refractivity contribution in [1.29, 1.82) is 5.26 Å². The minimum absolute atomic E-state index is 0.104. The molecule has 4 nitrogen and oxygen atoms in total. The van der Waals surface area contributed by atoms with Crippen molar-refractivity contribution in [2.75, 3.05) is 7.11 Å². The van der Waals surface area contributed by atoms with Gasteiger partial charge in [0.2, 0.25) is 0 Å². The molecule has 0 fully saturated rings. The molecule has 0 N–H and O–H groups in total. The molecule has 0 aliphatic carbocycles. The number of nitriles is 1. The number of ether oxygens (including phenoxy) is 2. The van der Waals surface area contributed by atoms with E-state index in [1.165, 1.54) is 12.1 Å². The number of aryl methyl sites for hydroxylation is 1. The van der Waals surface area contributed by atoms with Crippen molar-refractivity contribution in [3.05, 3.63) is 28.8 Å². The lowest BCUT2D eigenvalue weighted by molar-refractivity contribution is -0.0506. The second kappa shape index (κ2) is 5.25. The zero-order valence-corrected chi connectivity index (χ0v) is 9.16. The summed E-state index contributed by atoms with van der Waals surface area (Å²) in [5.74, 6) is -1.29. The van der Waals surface area contributed by atoms with Crippen molar-refractivity contribution in [3.63, 3.8) is 0 Å². The molecule has 0 saturated carbocycles. The van der Waals surface area contributed by atoms with Gasteiger partial charge in [-0.2, -0.15) is 14.0 Å². The molecule has 0 saturated heterocycles. The van der Waals surface area contributed by atoms with Crippen LogP contribution in [0.15, 0.2) is 12.1 Å². The second-order valence-corrected chi connectivity index (χ2v) is 3.12. The molecule has 0 radical (unpaired) electrons. The second-order valence-electron chi connectivity index (χ2n) is 3.12. The first-order valence-corrected chi connectivity index (χ1v) is 4.58. The van der Waals surface area contributed by atoms with Crippen LogP contribution in [0.3, 0.4) is 0 Å². The number of hydrogen-bond acceptors (Lipinski definition) is 4. The SMILES string of the molecule is COC(=O)c1ccc(C)c(C#N)c1OC(F)F. The molecular weight excluding hydrogens is 232 g/mol. The zero-order valence-electron chi connectivity index (χ0n) is 9.16. The highest BCUT2D eigenvalue weighted by Crippen LogP contribution is 2.28. The number of esters is 1. The van der Waals surface area contributed by atoms with Crippen LogP contribution in [0, 0.1) is 18.3 Å². The smallest absolute Gasteiger partial charge is 0.387 e. The number of carbonyl (C=O) groups is 1. The van der Waals surface area contributed by atoms with E-state index < -0.39 is 18.3 Å². The Morgan fingerprint density at radius 3 is 2.59 bits per heavy atom. The minimum Gasteiger partial charge on any atom is -0.465 e. The van der Waals surface area contributed by atoms with Gasteiger partial charge in [-0.3, -0.25) is 0 Å². The first-order valence-electron chi connectivity index (χ1n) is 4.58. The van der Waals surface area contributed by atoms with Crippen LogP contribution in [0.4, 0.5) is 8.78 Å². The lowest BCUT2D eigenvalue weighted by atomic mass is 10.0. The van der Waals surface area contributed by atoms with Gasteiger partial charge in [0.15, 0.2) is 5.75 Å². The Morgan fingerprint density at radius 1 is 1.47 bits per heavy atom. The molecule has 0 atom stereocenters. The van der Waals surface area contributed by atoms with Crippen molar-refractivity contribution >= 4 is 5.97 Å². The van der Waals surface area contributed by atoms with Gasteiger partial charge in [-0.05, 0) is 18.6 Å². The standard InChI is InChI=1S/C11H9F2NO3/c1-6-3-4-7(10(15)16-2)9(8(6)5-14)17-11(12)13/h3-4,11H,1-2H3. The van der Waals surface area contributed by atoms with Crippen LogP contribution in [0.5, 0.6) is 5.75 Å². The van der Waals surface area contributed by atoms with E-state index in [2.05, 4.69) is 9.47 Å². The van der Waals surface area contributed by atoms with Crippen molar-refractivity contribution in [1.82, 2.24) is 0 Å². The molecule has 0 unspecified atom stereocenters. The van der Waals surface area contributed by atoms with E-state index in [0.717, 1.165) is 7.11 Å². The summed E-state index contributed by atoms with van der Waals surface area (Å²) in [5, 5.41) is 8.86. The van der Waals surface area contributed by atoms with Crippen LogP contribution < -0.4 is 4.74 Å². The first-order chi connectivity index (χ1) is 8.01. The number of nitrogens with zero attached hydrogens (tertiary/aromatic N) is 1. The Balaban J connectivity index is 3.41. The Morgan fingerprint density at radius 2 is 2.12 bits per heavy atom. The Bertz CT molecular complexity index is 480. The summed E-state index contributed by atoms with van der Waals surface area (Å²) >= 11 is 0. The molecule has 0 amide bonds. The summed E-state index contributed by atoms with van der Waals surface area (Å²) in [4.78, 5) is 11.3. The molecule has 90 valence electrons. The number of halogens is 2. The van der Waals surface area contributed by atoms with Crippen molar-refractivity contribution in [2.24, 2.45) is 0 Å². The number of methoxy groups -OCH3 is 1. The predicted octanol–water partition coefficient (Wildman–Crippen LogP) is 2.25. The van der Waals surface area contributed by atoms with Gasteiger partial charge in [0.25, 0.3) is 0 Å². The molecule has 6 heteroatoms. The maximum atomic E-state index is 12.2. The van der Waals surface area contributed by atoms with Crippen LogP contribution in [0.2, 0.25) is 0 Å². The van der Waals surface area contributed by atoms with E-state index in [9.17, 15) is 13.6 Å². The maximum Gasteiger partial charge on any atom is 0.387 e. The summed E-state index contributed by atoms with van der Waals surface area (Å²) in [5.41, 5.74) is 0.138. The Hall–Kier alpha value is -2.16. The van der Waals surface area contributed by atoms with Gasteiger partial charge >= 0.3 is 12.6 Å². The van der Waals surface area contributed by atoms with E-state index in [1.807, 2.05) is 0 Å². The zero-order chi connectivity index (χ0) is 13.0. The molecular formula is C11H9F2NO3. The molecule has 17 heavy (non-hydrogen) atoms. The number of benzene rings is 1. The lowest BCUT2D eigenvalue weighted by Gasteiger charge is -2.12. The molecule has 0 aromatic heterocycles. The Labute approximate surface area is 96.4 Å². The normalized spacial score (nSPS) is 9.88. The largest absolute Gasteiger partial charge is 0.465 e. The van der Waals surface area contributed by atoms with Crippen molar-refractivity contribution in [3.8, 4) is 11.8 Å². The van der Waals surface area contributed by atoms with Gasteiger partial charge in [0, 0.05) is 0 Å². The highest BCUT2D eigenvalue weighted by molar-refractivity contribution is 5.93. The summed E-state index contributed by atoms with van der Waals surface area (Å²) in [6.07, 6.45) is 0. The van der Waals surface area contributed by atoms with Crippen LogP contribution in [-0.2, 0) is 4.74 Å². The van der Waals surface area contributed by atoms with E-state index in [4.69, 9.17) is 5.26 Å². The van der Waals surface area contributed by atoms with E-state index in [0.29, 0.717) is 5.56 Å². The highest BCUT2D eigenvalue weighted by Gasteiger charge is 2.21. The fourth-order valence-electron chi connectivity index (χ4n) is 1.30. The van der Waals surface area contributed by atoms with E-state index in [1.54, 1.807) is 13.0 Å². The molecule has 1 aromatic rings. The van der Waals surface area contributed by atoms with Crippen LogP contribution in [0.25, 0.3) is 0 Å². The van der Waals surface area contributed by atoms with Crippen LogP contribution >= 0.6 is 0 Å². The van der Waals surface area contributed by atoms with Gasteiger partial charge in [-0.1, -0.05) is 6.07 Å². The lowest BCUT2D eigenvalue weighted by Crippen LogP contribution is -2.11. The third-order valence-electron chi connectivity index (χ3n) is 2.09. The van der Waals surface area contributed by atoms with Crippen molar-refractivity contribution in [2.45, 2.75) is 13.5 Å². The number of hydrogen-bond donors (Lipinski definition) is 0.